The van der Waals surface area contributed by atoms with Crippen LogP contribution < -0.4 is 11.5 Å². The molecule has 0 aliphatic carbocycles. The standard InChI is InChI=1S/C5H12N2O2.2Na.2H/c6-2-1-4(7)3-5(8)9;;;;/h4H,1-3,6-7H2,(H,8,9);;;;. The zero-order valence-corrected chi connectivity index (χ0v) is 5.21. The van der Waals surface area contributed by atoms with Gasteiger partial charge < -0.3 is 16.6 Å². The number of aliphatic carboxylic acids is 1. The Hall–Kier alpha value is 1.39. The van der Waals surface area contributed by atoms with E-state index in [0.29, 0.717) is 13.0 Å². The predicted molar refractivity (Wildman–Crippen MR) is 48.2 cm³/mol. The number of carboxylic acids is 1. The van der Waals surface area contributed by atoms with Crippen LogP contribution in [0.4, 0.5) is 0 Å². The first-order valence-electron chi connectivity index (χ1n) is 2.84. The minimum atomic E-state index is -0.865. The summed E-state index contributed by atoms with van der Waals surface area (Å²) in [6, 6.07) is -0.285. The topological polar surface area (TPSA) is 89.3 Å². The van der Waals surface area contributed by atoms with Crippen LogP contribution in [0.3, 0.4) is 0 Å². The van der Waals surface area contributed by atoms with Crippen molar-refractivity contribution >= 4 is 65.1 Å². The summed E-state index contributed by atoms with van der Waals surface area (Å²) >= 11 is 0. The fourth-order valence-corrected chi connectivity index (χ4v) is 0.540. The molecule has 1 atom stereocenters. The monoisotopic (exact) mass is 180 g/mol. The third-order valence-electron chi connectivity index (χ3n) is 0.974. The molecule has 0 spiro atoms. The Kier molecular flexibility index (Phi) is 18.9. The van der Waals surface area contributed by atoms with E-state index in [0.717, 1.165) is 0 Å². The first-order chi connectivity index (χ1) is 4.16. The van der Waals surface area contributed by atoms with Crippen molar-refractivity contribution in [3.05, 3.63) is 0 Å². The molecule has 0 fully saturated rings. The summed E-state index contributed by atoms with van der Waals surface area (Å²) in [4.78, 5) is 9.96. The zero-order chi connectivity index (χ0) is 7.28. The normalized spacial score (nSPS) is 10.7. The Bertz CT molecular complexity index is 102. The molecule has 0 saturated carbocycles. The second-order valence-electron chi connectivity index (χ2n) is 1.94. The van der Waals surface area contributed by atoms with E-state index in [2.05, 4.69) is 0 Å². The molecule has 0 aromatic heterocycles. The van der Waals surface area contributed by atoms with Crippen LogP contribution in [-0.2, 0) is 4.79 Å². The van der Waals surface area contributed by atoms with Crippen LogP contribution >= 0.6 is 0 Å². The fourth-order valence-electron chi connectivity index (χ4n) is 0.540. The molecule has 58 valence electrons. The third kappa shape index (κ3) is 14.3. The second kappa shape index (κ2) is 11.4. The molecule has 0 amide bonds. The van der Waals surface area contributed by atoms with E-state index >= 15 is 0 Å². The Morgan fingerprint density at radius 1 is 1.45 bits per heavy atom. The molecular formula is C5H14N2Na2O2. The van der Waals surface area contributed by atoms with Gasteiger partial charge in [0.15, 0.2) is 0 Å². The van der Waals surface area contributed by atoms with E-state index in [1.165, 1.54) is 0 Å². The minimum absolute atomic E-state index is 0. The molecule has 0 bridgehead atoms. The number of carbonyl (C=O) groups is 1. The molecule has 0 rings (SSSR count). The van der Waals surface area contributed by atoms with Gasteiger partial charge in [-0.15, -0.1) is 0 Å². The van der Waals surface area contributed by atoms with Gasteiger partial charge >= 0.3 is 65.1 Å². The summed E-state index contributed by atoms with van der Waals surface area (Å²) < 4.78 is 0. The molecule has 0 aliphatic rings. The van der Waals surface area contributed by atoms with E-state index in [1.807, 2.05) is 0 Å². The molecule has 6 heteroatoms. The van der Waals surface area contributed by atoms with Crippen LogP contribution in [0.1, 0.15) is 12.8 Å². The maximum atomic E-state index is 9.96. The van der Waals surface area contributed by atoms with Crippen molar-refractivity contribution in [3.8, 4) is 0 Å². The van der Waals surface area contributed by atoms with E-state index in [1.54, 1.807) is 0 Å². The number of carboxylic acid groups (broad SMARTS) is 1. The number of hydrogen-bond donors (Lipinski definition) is 3. The molecule has 1 unspecified atom stereocenters. The van der Waals surface area contributed by atoms with Gasteiger partial charge in [0, 0.05) is 6.04 Å². The molecule has 4 nitrogen and oxygen atoms in total. The van der Waals surface area contributed by atoms with Crippen molar-refractivity contribution in [2.24, 2.45) is 11.5 Å². The van der Waals surface area contributed by atoms with Gasteiger partial charge in [-0.05, 0) is 13.0 Å². The maximum absolute atomic E-state index is 9.96. The second-order valence-corrected chi connectivity index (χ2v) is 1.94. The summed E-state index contributed by atoms with van der Waals surface area (Å²) in [5, 5.41) is 8.19. The van der Waals surface area contributed by atoms with Crippen LogP contribution in [0.15, 0.2) is 0 Å². The van der Waals surface area contributed by atoms with E-state index < -0.39 is 5.97 Å². The average Bonchev–Trinajstić information content (AvgIpc) is 1.63. The first kappa shape index (κ1) is 18.2. The average molecular weight is 180 g/mol. The number of hydrogen-bond acceptors (Lipinski definition) is 3. The number of nitrogens with two attached hydrogens (primary N) is 2. The summed E-state index contributed by atoms with van der Waals surface area (Å²) in [5.41, 5.74) is 10.5. The van der Waals surface area contributed by atoms with Crippen molar-refractivity contribution in [1.29, 1.82) is 0 Å². The van der Waals surface area contributed by atoms with Gasteiger partial charge in [0.2, 0.25) is 0 Å². The van der Waals surface area contributed by atoms with Gasteiger partial charge in [0.1, 0.15) is 0 Å². The predicted octanol–water partition coefficient (Wildman–Crippen LogP) is -2.16. The molecule has 11 heavy (non-hydrogen) atoms. The Morgan fingerprint density at radius 3 is 2.18 bits per heavy atom. The number of rotatable bonds is 4. The molecule has 0 saturated heterocycles. The SMILES string of the molecule is NCCC(N)CC(=O)O.[NaH].[NaH]. The molecule has 5 N–H and O–H groups in total. The molecule has 0 aliphatic heterocycles. The van der Waals surface area contributed by atoms with E-state index in [-0.39, 0.29) is 71.6 Å². The molecular weight excluding hydrogens is 166 g/mol. The van der Waals surface area contributed by atoms with Gasteiger partial charge in [-0.25, -0.2) is 0 Å². The van der Waals surface area contributed by atoms with Crippen LogP contribution in [0.25, 0.3) is 0 Å². The van der Waals surface area contributed by atoms with Crippen LogP contribution in [0.5, 0.6) is 0 Å². The van der Waals surface area contributed by atoms with Crippen LogP contribution in [0, 0.1) is 0 Å². The van der Waals surface area contributed by atoms with E-state index in [9.17, 15) is 4.79 Å². The quantitative estimate of drug-likeness (QED) is 0.430. The Balaban J connectivity index is -0.000000320. The van der Waals surface area contributed by atoms with Crippen molar-refractivity contribution in [2.45, 2.75) is 18.9 Å². The summed E-state index contributed by atoms with van der Waals surface area (Å²) in [7, 11) is 0. The van der Waals surface area contributed by atoms with Gasteiger partial charge in [-0.2, -0.15) is 0 Å². The fraction of sp³-hybridized carbons (Fsp3) is 0.800. The van der Waals surface area contributed by atoms with Crippen molar-refractivity contribution in [3.63, 3.8) is 0 Å². The van der Waals surface area contributed by atoms with E-state index in [4.69, 9.17) is 16.6 Å². The van der Waals surface area contributed by atoms with Crippen molar-refractivity contribution < 1.29 is 9.90 Å². The van der Waals surface area contributed by atoms with Crippen LogP contribution in [0.2, 0.25) is 0 Å². The Labute approximate surface area is 111 Å². The third-order valence-corrected chi connectivity index (χ3v) is 0.974. The molecule has 0 aromatic carbocycles. The van der Waals surface area contributed by atoms with Gasteiger partial charge in [0.05, 0.1) is 6.42 Å². The van der Waals surface area contributed by atoms with Gasteiger partial charge in [-0.1, -0.05) is 0 Å². The van der Waals surface area contributed by atoms with Crippen LogP contribution in [-0.4, -0.2) is 82.8 Å². The summed E-state index contributed by atoms with van der Waals surface area (Å²) in [6.07, 6.45) is 0.587. The summed E-state index contributed by atoms with van der Waals surface area (Å²) in [5.74, 6) is -0.865. The summed E-state index contributed by atoms with van der Waals surface area (Å²) in [6.45, 7) is 0.453. The first-order valence-corrected chi connectivity index (χ1v) is 2.84. The van der Waals surface area contributed by atoms with Crippen molar-refractivity contribution in [1.82, 2.24) is 0 Å². The van der Waals surface area contributed by atoms with Crippen molar-refractivity contribution in [2.75, 3.05) is 6.54 Å². The molecule has 0 radical (unpaired) electrons. The van der Waals surface area contributed by atoms with Gasteiger partial charge in [0.25, 0.3) is 0 Å². The molecule has 0 heterocycles. The molecule has 0 aromatic rings. The zero-order valence-electron chi connectivity index (χ0n) is 5.21. The van der Waals surface area contributed by atoms with Gasteiger partial charge in [-0.3, -0.25) is 4.79 Å². The Morgan fingerprint density at radius 2 is 1.91 bits per heavy atom.